The van der Waals surface area contributed by atoms with Gasteiger partial charge in [0.2, 0.25) is 0 Å². The molecule has 0 unspecified atom stereocenters. The van der Waals surface area contributed by atoms with Gasteiger partial charge in [-0.1, -0.05) is 153 Å². The minimum atomic E-state index is -0.0448. The molecule has 1 nitrogen and oxygen atoms in total. The van der Waals surface area contributed by atoms with Crippen LogP contribution in [0.1, 0.15) is 25.0 Å². The zero-order chi connectivity index (χ0) is 36.9. The number of benzene rings is 11. The molecular weight excluding hydrogens is 677 g/mol. The molecule has 12 aromatic rings. The first-order chi connectivity index (χ1) is 27.5. The molecule has 0 N–H and O–H groups in total. The second-order valence-electron chi connectivity index (χ2n) is 16.3. The predicted molar refractivity (Wildman–Crippen MR) is 238 cm³/mol. The molecule has 0 atom stereocenters. The van der Waals surface area contributed by atoms with Gasteiger partial charge >= 0.3 is 0 Å². The van der Waals surface area contributed by atoms with Crippen molar-refractivity contribution in [3.05, 3.63) is 181 Å². The van der Waals surface area contributed by atoms with E-state index in [4.69, 9.17) is 4.42 Å². The molecule has 0 fully saturated rings. The van der Waals surface area contributed by atoms with E-state index in [0.717, 1.165) is 22.1 Å². The van der Waals surface area contributed by atoms with E-state index in [-0.39, 0.29) is 5.41 Å². The monoisotopic (exact) mass is 710 g/mol. The summed E-state index contributed by atoms with van der Waals surface area (Å²) in [6.45, 7) is 4.73. The Morgan fingerprint density at radius 3 is 1.54 bits per heavy atom. The van der Waals surface area contributed by atoms with Crippen LogP contribution in [-0.4, -0.2) is 0 Å². The standard InChI is InChI=1S/C55H34O/c1-55(2)47-14-8-7-12-40(47)41-23-19-33(29-48(41)55)35-21-15-31-18-25-44-36(22-16-32-17-24-43(35)51(31)52(32)44)34-20-26-46-50(30-34)56-49-28-27-45-39-11-4-3-9-37(39)38-10-5-6-13-42(38)53(45)54(46)49/h3-30H,1-2H3. The highest BCUT2D eigenvalue weighted by Crippen LogP contribution is 2.51. The fourth-order valence-corrected chi connectivity index (χ4v) is 10.6. The van der Waals surface area contributed by atoms with Gasteiger partial charge in [-0.2, -0.15) is 0 Å². The van der Waals surface area contributed by atoms with Crippen LogP contribution in [0.5, 0.6) is 0 Å². The topological polar surface area (TPSA) is 13.1 Å². The smallest absolute Gasteiger partial charge is 0.136 e. The lowest BCUT2D eigenvalue weighted by molar-refractivity contribution is 0.660. The quantitative estimate of drug-likeness (QED) is 0.163. The first kappa shape index (κ1) is 30.4. The van der Waals surface area contributed by atoms with Gasteiger partial charge in [0, 0.05) is 21.6 Å². The minimum Gasteiger partial charge on any atom is -0.456 e. The molecule has 1 heterocycles. The van der Waals surface area contributed by atoms with Crippen molar-refractivity contribution >= 4 is 86.6 Å². The molecule has 0 bridgehead atoms. The maximum atomic E-state index is 6.74. The fourth-order valence-electron chi connectivity index (χ4n) is 10.6. The summed E-state index contributed by atoms with van der Waals surface area (Å²) in [5.41, 5.74) is 12.3. The molecule has 0 saturated carbocycles. The van der Waals surface area contributed by atoms with Crippen LogP contribution in [0.3, 0.4) is 0 Å². The molecule has 0 spiro atoms. The molecule has 1 aromatic heterocycles. The molecule has 0 saturated heterocycles. The van der Waals surface area contributed by atoms with Gasteiger partial charge in [-0.05, 0) is 134 Å². The van der Waals surface area contributed by atoms with Crippen molar-refractivity contribution in [3.63, 3.8) is 0 Å². The molecule has 1 heteroatoms. The van der Waals surface area contributed by atoms with Gasteiger partial charge in [0.25, 0.3) is 0 Å². The van der Waals surface area contributed by atoms with E-state index in [1.807, 2.05) is 0 Å². The van der Waals surface area contributed by atoms with E-state index in [1.54, 1.807) is 0 Å². The molecule has 1 aliphatic rings. The first-order valence-electron chi connectivity index (χ1n) is 19.7. The number of rotatable bonds is 2. The Morgan fingerprint density at radius 2 is 0.821 bits per heavy atom. The summed E-state index contributed by atoms with van der Waals surface area (Å²) in [7, 11) is 0. The van der Waals surface area contributed by atoms with Crippen LogP contribution >= 0.6 is 0 Å². The number of hydrogen-bond donors (Lipinski definition) is 0. The summed E-state index contributed by atoms with van der Waals surface area (Å²) < 4.78 is 6.74. The molecule has 0 amide bonds. The van der Waals surface area contributed by atoms with Crippen molar-refractivity contribution < 1.29 is 4.42 Å². The van der Waals surface area contributed by atoms with Crippen LogP contribution in [0.25, 0.3) is 120 Å². The highest BCUT2D eigenvalue weighted by molar-refractivity contribution is 6.35. The number of furan rings is 1. The lowest BCUT2D eigenvalue weighted by atomic mass is 9.81. The third-order valence-electron chi connectivity index (χ3n) is 13.2. The summed E-state index contributed by atoms with van der Waals surface area (Å²) >= 11 is 0. The van der Waals surface area contributed by atoms with Gasteiger partial charge in [0.15, 0.2) is 0 Å². The lowest BCUT2D eigenvalue weighted by Crippen LogP contribution is -2.14. The van der Waals surface area contributed by atoms with E-state index in [9.17, 15) is 0 Å². The second-order valence-corrected chi connectivity index (χ2v) is 16.3. The predicted octanol–water partition coefficient (Wildman–Crippen LogP) is 15.6. The Labute approximate surface area is 323 Å². The van der Waals surface area contributed by atoms with Crippen LogP contribution in [0.2, 0.25) is 0 Å². The summed E-state index contributed by atoms with van der Waals surface area (Å²) in [5.74, 6) is 0. The third kappa shape index (κ3) is 3.84. The van der Waals surface area contributed by atoms with Gasteiger partial charge in [-0.3, -0.25) is 0 Å². The Balaban J connectivity index is 1.01. The number of fused-ring (bicyclic) bond motifs is 13. The zero-order valence-corrected chi connectivity index (χ0v) is 31.1. The SMILES string of the molecule is CC1(C)c2ccccc2-c2ccc(-c3ccc4ccc5c(-c6ccc7c(c6)oc6ccc8c9ccccc9c9ccccc9c8c67)ccc6ccc3c4c65)cc21. The van der Waals surface area contributed by atoms with Gasteiger partial charge in [-0.25, -0.2) is 0 Å². The van der Waals surface area contributed by atoms with E-state index >= 15 is 0 Å². The van der Waals surface area contributed by atoms with Crippen molar-refractivity contribution in [3.8, 4) is 33.4 Å². The fraction of sp³-hybridized carbons (Fsp3) is 0.0545. The summed E-state index contributed by atoms with van der Waals surface area (Å²) in [5, 5.41) is 17.7. The first-order valence-corrected chi connectivity index (χ1v) is 19.7. The average molecular weight is 711 g/mol. The molecule has 1 aliphatic carbocycles. The summed E-state index contributed by atoms with van der Waals surface area (Å²) in [6, 6.07) is 63.3. The van der Waals surface area contributed by atoms with Crippen molar-refractivity contribution in [1.29, 1.82) is 0 Å². The molecule has 11 aromatic carbocycles. The molecule has 56 heavy (non-hydrogen) atoms. The Kier molecular flexibility index (Phi) is 5.76. The maximum Gasteiger partial charge on any atom is 0.136 e. The van der Waals surface area contributed by atoms with E-state index in [0.29, 0.717) is 0 Å². The summed E-state index contributed by atoms with van der Waals surface area (Å²) in [4.78, 5) is 0. The van der Waals surface area contributed by atoms with Gasteiger partial charge in [0.05, 0.1) is 0 Å². The van der Waals surface area contributed by atoms with Crippen molar-refractivity contribution in [2.45, 2.75) is 19.3 Å². The second kappa shape index (κ2) is 10.6. The van der Waals surface area contributed by atoms with E-state index in [1.165, 1.54) is 109 Å². The molecule has 0 aliphatic heterocycles. The lowest BCUT2D eigenvalue weighted by Gasteiger charge is -2.22. The Hall–Kier alpha value is -6.96. The molecule has 260 valence electrons. The molecular formula is C55H34O. The van der Waals surface area contributed by atoms with Crippen LogP contribution in [0.4, 0.5) is 0 Å². The van der Waals surface area contributed by atoms with Crippen LogP contribution in [-0.2, 0) is 5.41 Å². The van der Waals surface area contributed by atoms with Crippen molar-refractivity contribution in [2.75, 3.05) is 0 Å². The van der Waals surface area contributed by atoms with Crippen molar-refractivity contribution in [1.82, 2.24) is 0 Å². The molecule has 13 rings (SSSR count). The number of hydrogen-bond acceptors (Lipinski definition) is 1. The maximum absolute atomic E-state index is 6.74. The highest BCUT2D eigenvalue weighted by atomic mass is 16.3. The highest BCUT2D eigenvalue weighted by Gasteiger charge is 2.35. The van der Waals surface area contributed by atoms with Crippen molar-refractivity contribution in [2.24, 2.45) is 0 Å². The largest absolute Gasteiger partial charge is 0.456 e. The average Bonchev–Trinajstić information content (AvgIpc) is 3.73. The zero-order valence-electron chi connectivity index (χ0n) is 31.1. The van der Waals surface area contributed by atoms with Gasteiger partial charge < -0.3 is 4.42 Å². The third-order valence-corrected chi connectivity index (χ3v) is 13.2. The summed E-state index contributed by atoms with van der Waals surface area (Å²) in [6.07, 6.45) is 0. The van der Waals surface area contributed by atoms with Crippen LogP contribution < -0.4 is 0 Å². The van der Waals surface area contributed by atoms with Crippen LogP contribution in [0, 0.1) is 0 Å². The van der Waals surface area contributed by atoms with E-state index < -0.39 is 0 Å². The van der Waals surface area contributed by atoms with Crippen LogP contribution in [0.15, 0.2) is 174 Å². The minimum absolute atomic E-state index is 0.0448. The normalized spacial score (nSPS) is 13.7. The Morgan fingerprint density at radius 1 is 0.321 bits per heavy atom. The van der Waals surface area contributed by atoms with Gasteiger partial charge in [-0.15, -0.1) is 0 Å². The Bertz CT molecular complexity index is 3640. The van der Waals surface area contributed by atoms with E-state index in [2.05, 4.69) is 184 Å². The molecule has 0 radical (unpaired) electrons. The van der Waals surface area contributed by atoms with Gasteiger partial charge in [0.1, 0.15) is 11.2 Å².